The summed E-state index contributed by atoms with van der Waals surface area (Å²) >= 11 is 0. The van der Waals surface area contributed by atoms with Crippen LogP contribution in [0.1, 0.15) is 32.3 Å². The molecule has 7 nitrogen and oxygen atoms in total. The third kappa shape index (κ3) is 6.37. The van der Waals surface area contributed by atoms with Crippen LogP contribution in [0, 0.1) is 5.92 Å². The van der Waals surface area contributed by atoms with Gasteiger partial charge in [-0.25, -0.2) is 8.42 Å². The Morgan fingerprint density at radius 2 is 1.75 bits per heavy atom. The number of carbonyl (C=O) groups excluding carboxylic acids is 2. The summed E-state index contributed by atoms with van der Waals surface area (Å²) in [7, 11) is -1.48. The summed E-state index contributed by atoms with van der Waals surface area (Å²) in [6.45, 7) is 5.13. The minimum Gasteiger partial charge on any atom is -0.343 e. The van der Waals surface area contributed by atoms with Gasteiger partial charge in [-0.1, -0.05) is 12.1 Å². The molecule has 0 unspecified atom stereocenters. The summed E-state index contributed by atoms with van der Waals surface area (Å²) in [5, 5.41) is 0. The van der Waals surface area contributed by atoms with Gasteiger partial charge in [0.1, 0.15) is 0 Å². The minimum atomic E-state index is -3.31. The standard InChI is InChI=1S/C20H29N3O4S/c1-15(2)22(3)20(25)17-11-13-23(14-12-17)19(24)10-7-16-5-8-18(9-6-16)21-28(4,26)27/h5-10,15,17,21H,11-14H2,1-4H3/b10-7+. The van der Waals surface area contributed by atoms with Gasteiger partial charge in [-0.3, -0.25) is 14.3 Å². The van der Waals surface area contributed by atoms with E-state index >= 15 is 0 Å². The molecule has 0 radical (unpaired) electrons. The van der Waals surface area contributed by atoms with Crippen LogP contribution in [0.2, 0.25) is 0 Å². The number of anilines is 1. The lowest BCUT2D eigenvalue weighted by Gasteiger charge is -2.33. The largest absolute Gasteiger partial charge is 0.343 e. The zero-order chi connectivity index (χ0) is 20.9. The van der Waals surface area contributed by atoms with E-state index in [1.807, 2.05) is 20.9 Å². The molecule has 0 atom stereocenters. The van der Waals surface area contributed by atoms with Crippen LogP contribution >= 0.6 is 0 Å². The van der Waals surface area contributed by atoms with E-state index in [2.05, 4.69) is 4.72 Å². The highest BCUT2D eigenvalue weighted by Gasteiger charge is 2.29. The number of sulfonamides is 1. The number of rotatable bonds is 6. The first-order chi connectivity index (χ1) is 13.1. The van der Waals surface area contributed by atoms with Crippen molar-refractivity contribution >= 4 is 33.6 Å². The van der Waals surface area contributed by atoms with E-state index in [0.717, 1.165) is 11.8 Å². The van der Waals surface area contributed by atoms with Crippen molar-refractivity contribution in [2.45, 2.75) is 32.7 Å². The van der Waals surface area contributed by atoms with E-state index in [9.17, 15) is 18.0 Å². The molecule has 0 spiro atoms. The van der Waals surface area contributed by atoms with Crippen LogP contribution in [0.5, 0.6) is 0 Å². The van der Waals surface area contributed by atoms with E-state index in [0.29, 0.717) is 31.6 Å². The first-order valence-electron chi connectivity index (χ1n) is 9.38. The number of nitrogens with zero attached hydrogens (tertiary/aromatic N) is 2. The average Bonchev–Trinajstić information content (AvgIpc) is 2.65. The van der Waals surface area contributed by atoms with Crippen molar-refractivity contribution in [2.75, 3.05) is 31.1 Å². The van der Waals surface area contributed by atoms with Crippen LogP contribution in [0.3, 0.4) is 0 Å². The smallest absolute Gasteiger partial charge is 0.246 e. The zero-order valence-corrected chi connectivity index (χ0v) is 17.7. The van der Waals surface area contributed by atoms with Crippen LogP contribution in [-0.2, 0) is 19.6 Å². The lowest BCUT2D eigenvalue weighted by atomic mass is 9.95. The summed E-state index contributed by atoms with van der Waals surface area (Å²) in [4.78, 5) is 28.3. The summed E-state index contributed by atoms with van der Waals surface area (Å²) in [6.07, 6.45) is 5.68. The molecular weight excluding hydrogens is 378 g/mol. The van der Waals surface area contributed by atoms with Gasteiger partial charge in [-0.15, -0.1) is 0 Å². The van der Waals surface area contributed by atoms with Gasteiger partial charge in [-0.05, 0) is 50.5 Å². The van der Waals surface area contributed by atoms with Crippen molar-refractivity contribution in [1.29, 1.82) is 0 Å². The van der Waals surface area contributed by atoms with Crippen LogP contribution in [-0.4, -0.2) is 62.5 Å². The van der Waals surface area contributed by atoms with Crippen molar-refractivity contribution < 1.29 is 18.0 Å². The van der Waals surface area contributed by atoms with Crippen molar-refractivity contribution in [1.82, 2.24) is 9.80 Å². The first kappa shape index (κ1) is 21.9. The monoisotopic (exact) mass is 407 g/mol. The quantitative estimate of drug-likeness (QED) is 0.732. The van der Waals surface area contributed by atoms with Gasteiger partial charge < -0.3 is 9.80 Å². The number of piperidine rings is 1. The Balaban J connectivity index is 1.88. The molecule has 2 rings (SSSR count). The Morgan fingerprint density at radius 1 is 1.18 bits per heavy atom. The van der Waals surface area contributed by atoms with Crippen LogP contribution in [0.15, 0.2) is 30.3 Å². The van der Waals surface area contributed by atoms with Gasteiger partial charge in [0, 0.05) is 43.9 Å². The average molecular weight is 408 g/mol. The summed E-state index contributed by atoms with van der Waals surface area (Å²) in [5.41, 5.74) is 1.28. The second-order valence-corrected chi connectivity index (χ2v) is 9.22. The molecule has 28 heavy (non-hydrogen) atoms. The summed E-state index contributed by atoms with van der Waals surface area (Å²) in [6, 6.07) is 6.95. The van der Waals surface area contributed by atoms with E-state index < -0.39 is 10.0 Å². The Labute approximate surface area is 167 Å². The topological polar surface area (TPSA) is 86.8 Å². The molecule has 1 aromatic carbocycles. The predicted octanol–water partition coefficient (Wildman–Crippen LogP) is 2.18. The fraction of sp³-hybridized carbons (Fsp3) is 0.500. The zero-order valence-electron chi connectivity index (χ0n) is 16.9. The first-order valence-corrected chi connectivity index (χ1v) is 11.3. The maximum absolute atomic E-state index is 12.4. The predicted molar refractivity (Wildman–Crippen MR) is 111 cm³/mol. The highest BCUT2D eigenvalue weighted by atomic mass is 32.2. The number of benzene rings is 1. The SMILES string of the molecule is CC(C)N(C)C(=O)C1CCN(C(=O)/C=C/c2ccc(NS(C)(=O)=O)cc2)CC1. The number of carbonyl (C=O) groups is 2. The number of likely N-dealkylation sites (tertiary alicyclic amines) is 1. The highest BCUT2D eigenvalue weighted by molar-refractivity contribution is 7.92. The lowest BCUT2D eigenvalue weighted by Crippen LogP contribution is -2.44. The molecule has 1 N–H and O–H groups in total. The Morgan fingerprint density at radius 3 is 2.25 bits per heavy atom. The molecule has 1 fully saturated rings. The van der Waals surface area contributed by atoms with Crippen molar-refractivity contribution in [3.8, 4) is 0 Å². The molecule has 1 aliphatic heterocycles. The van der Waals surface area contributed by atoms with Gasteiger partial charge in [0.15, 0.2) is 0 Å². The molecule has 1 saturated heterocycles. The van der Waals surface area contributed by atoms with E-state index in [1.165, 1.54) is 6.08 Å². The van der Waals surface area contributed by atoms with Crippen molar-refractivity contribution in [2.24, 2.45) is 5.92 Å². The normalized spacial score (nSPS) is 15.8. The number of amides is 2. The maximum Gasteiger partial charge on any atom is 0.246 e. The van der Waals surface area contributed by atoms with E-state index in [4.69, 9.17) is 0 Å². The summed E-state index contributed by atoms with van der Waals surface area (Å²) in [5.74, 6) is 0.0530. The molecule has 0 bridgehead atoms. The van der Waals surface area contributed by atoms with Crippen LogP contribution in [0.4, 0.5) is 5.69 Å². The van der Waals surface area contributed by atoms with Crippen LogP contribution < -0.4 is 4.72 Å². The molecule has 2 amide bonds. The second kappa shape index (κ2) is 9.23. The van der Waals surface area contributed by atoms with Gasteiger partial charge in [-0.2, -0.15) is 0 Å². The fourth-order valence-electron chi connectivity index (χ4n) is 3.04. The molecule has 0 saturated carbocycles. The van der Waals surface area contributed by atoms with Crippen molar-refractivity contribution in [3.63, 3.8) is 0 Å². The van der Waals surface area contributed by atoms with Gasteiger partial charge in [0.05, 0.1) is 6.26 Å². The summed E-state index contributed by atoms with van der Waals surface area (Å²) < 4.78 is 24.8. The molecule has 154 valence electrons. The van der Waals surface area contributed by atoms with E-state index in [-0.39, 0.29) is 23.8 Å². The number of nitrogens with one attached hydrogen (secondary N) is 1. The lowest BCUT2D eigenvalue weighted by molar-refractivity contribution is -0.139. The number of hydrogen-bond donors (Lipinski definition) is 1. The molecule has 0 aliphatic carbocycles. The Kier molecular flexibility index (Phi) is 7.23. The molecular formula is C20H29N3O4S. The Bertz CT molecular complexity index is 824. The van der Waals surface area contributed by atoms with Crippen LogP contribution in [0.25, 0.3) is 6.08 Å². The van der Waals surface area contributed by atoms with Gasteiger partial charge in [0.2, 0.25) is 21.8 Å². The second-order valence-electron chi connectivity index (χ2n) is 7.47. The minimum absolute atomic E-state index is 0.0182. The van der Waals surface area contributed by atoms with Gasteiger partial charge >= 0.3 is 0 Å². The molecule has 8 heteroatoms. The highest BCUT2D eigenvalue weighted by Crippen LogP contribution is 2.20. The molecule has 1 aliphatic rings. The third-order valence-electron chi connectivity index (χ3n) is 4.91. The molecule has 0 aromatic heterocycles. The number of hydrogen-bond acceptors (Lipinski definition) is 4. The van der Waals surface area contributed by atoms with Crippen molar-refractivity contribution in [3.05, 3.63) is 35.9 Å². The third-order valence-corrected chi connectivity index (χ3v) is 5.52. The Hall–Kier alpha value is -2.35. The fourth-order valence-corrected chi connectivity index (χ4v) is 3.60. The molecule has 1 aromatic rings. The van der Waals surface area contributed by atoms with E-state index in [1.54, 1.807) is 40.1 Å². The molecule has 1 heterocycles. The maximum atomic E-state index is 12.4. The van der Waals surface area contributed by atoms with Gasteiger partial charge in [0.25, 0.3) is 0 Å².